The van der Waals surface area contributed by atoms with Crippen LogP contribution in [0.15, 0.2) is 66.9 Å². The average Bonchev–Trinajstić information content (AvgIpc) is 2.80. The van der Waals surface area contributed by atoms with Crippen LogP contribution >= 0.6 is 11.6 Å². The van der Waals surface area contributed by atoms with Crippen LogP contribution < -0.4 is 15.5 Å². The fourth-order valence-corrected chi connectivity index (χ4v) is 3.44. The Kier molecular flexibility index (Phi) is 6.29. The lowest BCUT2D eigenvalue weighted by atomic mass is 10.2. The lowest BCUT2D eigenvalue weighted by Crippen LogP contribution is -2.50. The number of carbonyl (C=O) groups is 1. The summed E-state index contributed by atoms with van der Waals surface area (Å²) in [6.45, 7) is 3.20. The van der Waals surface area contributed by atoms with Crippen LogP contribution in [0.2, 0.25) is 5.02 Å². The minimum atomic E-state index is -0.151. The summed E-state index contributed by atoms with van der Waals surface area (Å²) in [7, 11) is 0. The molecular formula is C22H23ClN6O. The Morgan fingerprint density at radius 3 is 2.47 bits per heavy atom. The molecule has 3 aromatic rings. The molecule has 0 saturated carbocycles. The molecule has 2 N–H and O–H groups in total. The van der Waals surface area contributed by atoms with Crippen LogP contribution in [0.3, 0.4) is 0 Å². The van der Waals surface area contributed by atoms with E-state index < -0.39 is 0 Å². The lowest BCUT2D eigenvalue weighted by Gasteiger charge is -2.34. The fourth-order valence-electron chi connectivity index (χ4n) is 3.25. The summed E-state index contributed by atoms with van der Waals surface area (Å²) < 4.78 is 0. The van der Waals surface area contributed by atoms with Gasteiger partial charge in [0.15, 0.2) is 0 Å². The van der Waals surface area contributed by atoms with Gasteiger partial charge >= 0.3 is 6.03 Å². The van der Waals surface area contributed by atoms with Crippen molar-refractivity contribution in [2.24, 2.45) is 0 Å². The van der Waals surface area contributed by atoms with Crippen LogP contribution in [-0.4, -0.2) is 47.1 Å². The number of amides is 2. The van der Waals surface area contributed by atoms with E-state index in [0.29, 0.717) is 49.4 Å². The van der Waals surface area contributed by atoms with E-state index in [9.17, 15) is 4.79 Å². The Morgan fingerprint density at radius 1 is 0.967 bits per heavy atom. The van der Waals surface area contributed by atoms with E-state index in [-0.39, 0.29) is 6.03 Å². The highest BCUT2D eigenvalue weighted by Crippen LogP contribution is 2.21. The van der Waals surface area contributed by atoms with E-state index in [0.717, 1.165) is 5.82 Å². The molecule has 154 valence electrons. The van der Waals surface area contributed by atoms with Crippen molar-refractivity contribution in [2.75, 3.05) is 41.7 Å². The van der Waals surface area contributed by atoms with Crippen molar-refractivity contribution in [3.8, 4) is 0 Å². The third kappa shape index (κ3) is 4.99. The second-order valence-corrected chi connectivity index (χ2v) is 7.37. The number of halogens is 1. The SMILES string of the molecule is O=C(Nc1ccccc1Cl)N1CCN(c2nccc(NCc3ccccc3)n2)CC1. The molecule has 0 atom stereocenters. The Balaban J connectivity index is 1.31. The summed E-state index contributed by atoms with van der Waals surface area (Å²) in [5, 5.41) is 6.73. The number of piperazine rings is 1. The van der Waals surface area contributed by atoms with Crippen molar-refractivity contribution in [3.63, 3.8) is 0 Å². The molecule has 1 aliphatic rings. The molecule has 0 aliphatic carbocycles. The highest BCUT2D eigenvalue weighted by molar-refractivity contribution is 6.33. The number of carbonyl (C=O) groups excluding carboxylic acids is 1. The van der Waals surface area contributed by atoms with Crippen molar-refractivity contribution in [1.82, 2.24) is 14.9 Å². The monoisotopic (exact) mass is 422 g/mol. The Morgan fingerprint density at radius 2 is 1.70 bits per heavy atom. The number of aromatic nitrogens is 2. The number of urea groups is 1. The van der Waals surface area contributed by atoms with Gasteiger partial charge in [-0.1, -0.05) is 54.1 Å². The Labute approximate surface area is 180 Å². The van der Waals surface area contributed by atoms with Gasteiger partial charge in [-0.05, 0) is 23.8 Å². The molecule has 4 rings (SSSR count). The molecule has 30 heavy (non-hydrogen) atoms. The molecule has 0 spiro atoms. The van der Waals surface area contributed by atoms with E-state index >= 15 is 0 Å². The van der Waals surface area contributed by atoms with Gasteiger partial charge in [-0.25, -0.2) is 9.78 Å². The van der Waals surface area contributed by atoms with Gasteiger partial charge in [0.1, 0.15) is 5.82 Å². The number of nitrogens with one attached hydrogen (secondary N) is 2. The van der Waals surface area contributed by atoms with Crippen LogP contribution in [0.4, 0.5) is 22.2 Å². The molecule has 2 heterocycles. The standard InChI is InChI=1S/C22H23ClN6O/c23-18-8-4-5-9-19(18)26-22(30)29-14-12-28(13-15-29)21-24-11-10-20(27-21)25-16-17-6-2-1-3-7-17/h1-11H,12-16H2,(H,26,30)(H,24,25,27). The first-order valence-corrected chi connectivity index (χ1v) is 10.2. The van der Waals surface area contributed by atoms with Crippen LogP contribution in [-0.2, 0) is 6.54 Å². The molecule has 1 fully saturated rings. The number of rotatable bonds is 5. The van der Waals surface area contributed by atoms with Crippen molar-refractivity contribution in [1.29, 1.82) is 0 Å². The van der Waals surface area contributed by atoms with Gasteiger partial charge in [0.2, 0.25) is 5.95 Å². The maximum absolute atomic E-state index is 12.5. The maximum Gasteiger partial charge on any atom is 0.322 e. The highest BCUT2D eigenvalue weighted by Gasteiger charge is 2.23. The summed E-state index contributed by atoms with van der Waals surface area (Å²) >= 11 is 6.13. The summed E-state index contributed by atoms with van der Waals surface area (Å²) in [4.78, 5) is 25.4. The quantitative estimate of drug-likeness (QED) is 0.647. The first kappa shape index (κ1) is 20.0. The minimum Gasteiger partial charge on any atom is -0.366 e. The summed E-state index contributed by atoms with van der Waals surface area (Å²) in [6, 6.07) is 19.1. The second kappa shape index (κ2) is 9.45. The molecule has 1 saturated heterocycles. The van der Waals surface area contributed by atoms with Crippen LogP contribution in [0.25, 0.3) is 0 Å². The normalized spacial score (nSPS) is 13.8. The van der Waals surface area contributed by atoms with E-state index in [2.05, 4.69) is 37.6 Å². The number of anilines is 3. The molecule has 0 radical (unpaired) electrons. The number of nitrogens with zero attached hydrogens (tertiary/aromatic N) is 4. The first-order valence-electron chi connectivity index (χ1n) is 9.85. The Hall–Kier alpha value is -3.32. The number of benzene rings is 2. The van der Waals surface area contributed by atoms with E-state index in [1.54, 1.807) is 23.2 Å². The van der Waals surface area contributed by atoms with Crippen LogP contribution in [0.1, 0.15) is 5.56 Å². The topological polar surface area (TPSA) is 73.4 Å². The molecular weight excluding hydrogens is 400 g/mol. The fraction of sp³-hybridized carbons (Fsp3) is 0.227. The molecule has 1 aliphatic heterocycles. The van der Waals surface area contributed by atoms with E-state index in [1.165, 1.54) is 5.56 Å². The van der Waals surface area contributed by atoms with Gasteiger partial charge < -0.3 is 20.4 Å². The zero-order chi connectivity index (χ0) is 20.8. The predicted octanol–water partition coefficient (Wildman–Crippen LogP) is 4.10. The number of hydrogen-bond acceptors (Lipinski definition) is 5. The molecule has 8 heteroatoms. The van der Waals surface area contributed by atoms with E-state index in [1.807, 2.05) is 36.4 Å². The number of hydrogen-bond donors (Lipinski definition) is 2. The highest BCUT2D eigenvalue weighted by atomic mass is 35.5. The zero-order valence-corrected chi connectivity index (χ0v) is 17.2. The number of para-hydroxylation sites is 1. The molecule has 0 bridgehead atoms. The molecule has 1 aromatic heterocycles. The third-order valence-electron chi connectivity index (χ3n) is 4.92. The summed E-state index contributed by atoms with van der Waals surface area (Å²) in [5.74, 6) is 1.45. The van der Waals surface area contributed by atoms with Gasteiger partial charge in [0.05, 0.1) is 10.7 Å². The minimum absolute atomic E-state index is 0.151. The smallest absolute Gasteiger partial charge is 0.322 e. The van der Waals surface area contributed by atoms with Crippen LogP contribution in [0.5, 0.6) is 0 Å². The van der Waals surface area contributed by atoms with E-state index in [4.69, 9.17) is 11.6 Å². The Bertz CT molecular complexity index is 992. The first-order chi connectivity index (χ1) is 14.7. The average molecular weight is 423 g/mol. The van der Waals surface area contributed by atoms with Crippen molar-refractivity contribution in [3.05, 3.63) is 77.4 Å². The lowest BCUT2D eigenvalue weighted by molar-refractivity contribution is 0.208. The van der Waals surface area contributed by atoms with Gasteiger partial charge in [0.25, 0.3) is 0 Å². The zero-order valence-electron chi connectivity index (χ0n) is 16.5. The maximum atomic E-state index is 12.5. The molecule has 2 amide bonds. The molecule has 2 aromatic carbocycles. The largest absolute Gasteiger partial charge is 0.366 e. The third-order valence-corrected chi connectivity index (χ3v) is 5.25. The molecule has 0 unspecified atom stereocenters. The van der Waals surface area contributed by atoms with Gasteiger partial charge in [0, 0.05) is 38.9 Å². The molecule has 7 nitrogen and oxygen atoms in total. The van der Waals surface area contributed by atoms with Gasteiger partial charge in [-0.15, -0.1) is 0 Å². The van der Waals surface area contributed by atoms with Gasteiger partial charge in [-0.3, -0.25) is 0 Å². The summed E-state index contributed by atoms with van der Waals surface area (Å²) in [5.41, 5.74) is 1.81. The van der Waals surface area contributed by atoms with Gasteiger partial charge in [-0.2, -0.15) is 4.98 Å². The summed E-state index contributed by atoms with van der Waals surface area (Å²) in [6.07, 6.45) is 1.76. The van der Waals surface area contributed by atoms with Crippen molar-refractivity contribution < 1.29 is 4.79 Å². The predicted molar refractivity (Wildman–Crippen MR) is 120 cm³/mol. The van der Waals surface area contributed by atoms with Crippen LogP contribution in [0, 0.1) is 0 Å². The van der Waals surface area contributed by atoms with Crippen molar-refractivity contribution >= 4 is 35.1 Å². The second-order valence-electron chi connectivity index (χ2n) is 6.97. The van der Waals surface area contributed by atoms with Crippen molar-refractivity contribution in [2.45, 2.75) is 6.54 Å².